The summed E-state index contributed by atoms with van der Waals surface area (Å²) in [4.78, 5) is 38.8. The zero-order chi connectivity index (χ0) is 24.2. The average molecular weight is 457 g/mol. The number of aryl methyl sites for hydroxylation is 2. The number of carbonyl (C=O) groups is 2. The van der Waals surface area contributed by atoms with Crippen LogP contribution in [0.25, 0.3) is 11.0 Å². The third kappa shape index (κ3) is 4.68. The van der Waals surface area contributed by atoms with E-state index in [-0.39, 0.29) is 11.1 Å². The van der Waals surface area contributed by atoms with Crippen LogP contribution < -0.4 is 15.7 Å². The molecule has 0 aliphatic carbocycles. The fourth-order valence-electron chi connectivity index (χ4n) is 3.56. The standard InChI is InChI=1S/C27H23NO6/c1-16-12-13-17(2)21(14-16)28-25(29)24(18-8-5-4-6-9-18)34-27(31)20-15-19-10-7-11-22(32-3)23(19)33-26(20)30/h4-15,24H,1-3H3,(H,28,29). The van der Waals surface area contributed by atoms with Crippen LogP contribution >= 0.6 is 0 Å². The highest BCUT2D eigenvalue weighted by Crippen LogP contribution is 2.26. The van der Waals surface area contributed by atoms with Gasteiger partial charge in [0.15, 0.2) is 11.3 Å². The lowest BCUT2D eigenvalue weighted by Gasteiger charge is -2.19. The number of nitrogens with one attached hydrogen (secondary N) is 1. The number of esters is 1. The van der Waals surface area contributed by atoms with Crippen molar-refractivity contribution >= 4 is 28.5 Å². The topological polar surface area (TPSA) is 94.8 Å². The monoisotopic (exact) mass is 457 g/mol. The fourth-order valence-corrected chi connectivity index (χ4v) is 3.56. The SMILES string of the molecule is COc1cccc2cc(C(=O)OC(C(=O)Nc3cc(C)ccc3C)c3ccccc3)c(=O)oc12. The minimum Gasteiger partial charge on any atom is -0.493 e. The van der Waals surface area contributed by atoms with Crippen molar-refractivity contribution in [1.29, 1.82) is 0 Å². The first kappa shape index (κ1) is 22.8. The largest absolute Gasteiger partial charge is 0.493 e. The molecule has 34 heavy (non-hydrogen) atoms. The summed E-state index contributed by atoms with van der Waals surface area (Å²) in [6.45, 7) is 3.78. The molecule has 0 bridgehead atoms. The molecule has 0 saturated carbocycles. The molecule has 1 aromatic heterocycles. The molecule has 4 rings (SSSR count). The lowest BCUT2D eigenvalue weighted by atomic mass is 10.1. The molecule has 4 aromatic rings. The molecule has 0 fully saturated rings. The van der Waals surface area contributed by atoms with E-state index in [0.29, 0.717) is 22.4 Å². The number of hydrogen-bond acceptors (Lipinski definition) is 6. The number of benzene rings is 3. The molecule has 0 radical (unpaired) electrons. The van der Waals surface area contributed by atoms with E-state index in [0.717, 1.165) is 11.1 Å². The molecule has 172 valence electrons. The maximum Gasteiger partial charge on any atom is 0.351 e. The van der Waals surface area contributed by atoms with Crippen LogP contribution in [0.15, 0.2) is 82.0 Å². The summed E-state index contributed by atoms with van der Waals surface area (Å²) >= 11 is 0. The van der Waals surface area contributed by atoms with E-state index in [1.165, 1.54) is 13.2 Å². The zero-order valence-corrected chi connectivity index (χ0v) is 19.0. The molecule has 0 aliphatic rings. The van der Waals surface area contributed by atoms with E-state index < -0.39 is 23.6 Å². The predicted molar refractivity (Wildman–Crippen MR) is 128 cm³/mol. The summed E-state index contributed by atoms with van der Waals surface area (Å²) in [5.74, 6) is -1.15. The summed E-state index contributed by atoms with van der Waals surface area (Å²) < 4.78 is 16.1. The molecular weight excluding hydrogens is 434 g/mol. The summed E-state index contributed by atoms with van der Waals surface area (Å²) in [6, 6.07) is 20.7. The van der Waals surface area contributed by atoms with Crippen LogP contribution in [0, 0.1) is 13.8 Å². The molecule has 0 saturated heterocycles. The molecule has 3 aromatic carbocycles. The van der Waals surface area contributed by atoms with Gasteiger partial charge in [0.2, 0.25) is 6.10 Å². The number of rotatable bonds is 6. The maximum absolute atomic E-state index is 13.2. The van der Waals surface area contributed by atoms with Crippen molar-refractivity contribution in [2.24, 2.45) is 0 Å². The first-order chi connectivity index (χ1) is 16.4. The number of carbonyl (C=O) groups excluding carboxylic acids is 2. The van der Waals surface area contributed by atoms with Gasteiger partial charge in [0.25, 0.3) is 5.91 Å². The first-order valence-corrected chi connectivity index (χ1v) is 10.6. The van der Waals surface area contributed by atoms with Gasteiger partial charge in [-0.3, -0.25) is 4.79 Å². The molecule has 7 nitrogen and oxygen atoms in total. The number of hydrogen-bond donors (Lipinski definition) is 1. The second-order valence-corrected chi connectivity index (χ2v) is 7.83. The Labute approximate surface area is 195 Å². The second kappa shape index (κ2) is 9.62. The smallest absolute Gasteiger partial charge is 0.351 e. The molecule has 7 heteroatoms. The number of para-hydroxylation sites is 1. The van der Waals surface area contributed by atoms with Crippen molar-refractivity contribution in [2.45, 2.75) is 20.0 Å². The summed E-state index contributed by atoms with van der Waals surface area (Å²) in [5, 5.41) is 3.32. The predicted octanol–water partition coefficient (Wildman–Crippen LogP) is 4.96. The zero-order valence-electron chi connectivity index (χ0n) is 19.0. The van der Waals surface area contributed by atoms with Crippen molar-refractivity contribution in [3.63, 3.8) is 0 Å². The minimum absolute atomic E-state index is 0.221. The fraction of sp³-hybridized carbons (Fsp3) is 0.148. The molecular formula is C27H23NO6. The Morgan fingerprint density at radius 2 is 1.71 bits per heavy atom. The van der Waals surface area contributed by atoms with Crippen molar-refractivity contribution in [1.82, 2.24) is 0 Å². The lowest BCUT2D eigenvalue weighted by Crippen LogP contribution is -2.28. The highest BCUT2D eigenvalue weighted by Gasteiger charge is 2.28. The van der Waals surface area contributed by atoms with Crippen LogP contribution in [0.3, 0.4) is 0 Å². The Balaban J connectivity index is 1.68. The minimum atomic E-state index is -1.28. The van der Waals surface area contributed by atoms with Crippen molar-refractivity contribution in [3.8, 4) is 5.75 Å². The summed E-state index contributed by atoms with van der Waals surface area (Å²) in [7, 11) is 1.45. The van der Waals surface area contributed by atoms with E-state index in [1.54, 1.807) is 48.5 Å². The quantitative estimate of drug-likeness (QED) is 0.325. The molecule has 1 atom stereocenters. The highest BCUT2D eigenvalue weighted by molar-refractivity contribution is 5.99. The van der Waals surface area contributed by atoms with Crippen molar-refractivity contribution in [3.05, 3.63) is 105 Å². The number of amides is 1. The normalized spacial score (nSPS) is 11.6. The number of fused-ring (bicyclic) bond motifs is 1. The number of anilines is 1. The molecule has 1 unspecified atom stereocenters. The Bertz CT molecular complexity index is 1420. The van der Waals surface area contributed by atoms with Crippen molar-refractivity contribution in [2.75, 3.05) is 12.4 Å². The van der Waals surface area contributed by atoms with Gasteiger partial charge in [0.05, 0.1) is 7.11 Å². The van der Waals surface area contributed by atoms with Gasteiger partial charge in [-0.15, -0.1) is 0 Å². The van der Waals surface area contributed by atoms with E-state index in [4.69, 9.17) is 13.9 Å². The number of methoxy groups -OCH3 is 1. The van der Waals surface area contributed by atoms with Crippen LogP contribution in [-0.2, 0) is 9.53 Å². The third-order valence-electron chi connectivity index (χ3n) is 5.38. The Morgan fingerprint density at radius 1 is 0.941 bits per heavy atom. The van der Waals surface area contributed by atoms with Crippen molar-refractivity contribution < 1.29 is 23.5 Å². The van der Waals surface area contributed by atoms with Gasteiger partial charge >= 0.3 is 11.6 Å². The summed E-state index contributed by atoms with van der Waals surface area (Å²) in [6.07, 6.45) is -1.28. The summed E-state index contributed by atoms with van der Waals surface area (Å²) in [5.41, 5.74) is 1.92. The van der Waals surface area contributed by atoms with Crippen LogP contribution in [0.5, 0.6) is 5.75 Å². The van der Waals surface area contributed by atoms with Gasteiger partial charge < -0.3 is 19.2 Å². The second-order valence-electron chi connectivity index (χ2n) is 7.83. The van der Waals surface area contributed by atoms with E-state index in [1.807, 2.05) is 32.0 Å². The first-order valence-electron chi connectivity index (χ1n) is 10.6. The van der Waals surface area contributed by atoms with E-state index in [9.17, 15) is 14.4 Å². The maximum atomic E-state index is 13.2. The molecule has 1 N–H and O–H groups in total. The van der Waals surface area contributed by atoms with Gasteiger partial charge in [-0.2, -0.15) is 0 Å². The Morgan fingerprint density at radius 3 is 2.44 bits per heavy atom. The van der Waals surface area contributed by atoms with Gasteiger partial charge in [-0.1, -0.05) is 54.6 Å². The van der Waals surface area contributed by atoms with Gasteiger partial charge in [0.1, 0.15) is 5.56 Å². The molecule has 1 heterocycles. The average Bonchev–Trinajstić information content (AvgIpc) is 2.84. The van der Waals surface area contributed by atoms with Crippen LogP contribution in [0.1, 0.15) is 33.2 Å². The Kier molecular flexibility index (Phi) is 6.45. The highest BCUT2D eigenvalue weighted by atomic mass is 16.5. The van der Waals surface area contributed by atoms with E-state index in [2.05, 4.69) is 5.32 Å². The molecule has 0 aliphatic heterocycles. The third-order valence-corrected chi connectivity index (χ3v) is 5.38. The van der Waals surface area contributed by atoms with Crippen LogP contribution in [0.2, 0.25) is 0 Å². The lowest BCUT2D eigenvalue weighted by molar-refractivity contribution is -0.125. The van der Waals surface area contributed by atoms with Gasteiger partial charge in [-0.25, -0.2) is 9.59 Å². The van der Waals surface area contributed by atoms with Gasteiger partial charge in [0, 0.05) is 16.6 Å². The molecule has 1 amide bonds. The van der Waals surface area contributed by atoms with E-state index >= 15 is 0 Å². The number of ether oxygens (including phenoxy) is 2. The Hall–Kier alpha value is -4.39. The van der Waals surface area contributed by atoms with Crippen LogP contribution in [0.4, 0.5) is 5.69 Å². The van der Waals surface area contributed by atoms with Gasteiger partial charge in [-0.05, 0) is 43.2 Å². The van der Waals surface area contributed by atoms with Crippen LogP contribution in [-0.4, -0.2) is 19.0 Å². The molecule has 0 spiro atoms.